The van der Waals surface area contributed by atoms with Gasteiger partial charge in [-0.15, -0.1) is 0 Å². The lowest BCUT2D eigenvalue weighted by Gasteiger charge is -2.34. The predicted octanol–water partition coefficient (Wildman–Crippen LogP) is 2.09. The van der Waals surface area contributed by atoms with Crippen molar-refractivity contribution in [3.8, 4) is 0 Å². The largest absolute Gasteiger partial charge is 0.337 e. The van der Waals surface area contributed by atoms with Crippen LogP contribution in [0.1, 0.15) is 29.6 Å². The van der Waals surface area contributed by atoms with Crippen LogP contribution in [0, 0.1) is 0 Å². The molecule has 114 valence electrons. The molecule has 0 aromatic heterocycles. The van der Waals surface area contributed by atoms with Crippen LogP contribution in [-0.2, 0) is 0 Å². The van der Waals surface area contributed by atoms with E-state index >= 15 is 0 Å². The molecule has 3 rings (SSSR count). The molecule has 2 N–H and O–H groups in total. The molecule has 0 bridgehead atoms. The standard InChI is InChI=1S/C16H22BrN3O/c17-13-3-1-12(2-4-13)16(21)20-10-7-15(11-20)19-8-5-14(18)6-9-19/h1-4,14-15H,5-11,18H2. The Bertz CT molecular complexity index is 497. The molecule has 5 heteroatoms. The van der Waals surface area contributed by atoms with Gasteiger partial charge in [0.15, 0.2) is 0 Å². The number of likely N-dealkylation sites (tertiary alicyclic amines) is 2. The summed E-state index contributed by atoms with van der Waals surface area (Å²) in [6.07, 6.45) is 3.24. The van der Waals surface area contributed by atoms with Crippen LogP contribution in [0.25, 0.3) is 0 Å². The predicted molar refractivity (Wildman–Crippen MR) is 87.2 cm³/mol. The van der Waals surface area contributed by atoms with E-state index in [1.165, 1.54) is 0 Å². The Morgan fingerprint density at radius 3 is 2.43 bits per heavy atom. The highest BCUT2D eigenvalue weighted by atomic mass is 79.9. The van der Waals surface area contributed by atoms with Crippen LogP contribution in [0.2, 0.25) is 0 Å². The van der Waals surface area contributed by atoms with Gasteiger partial charge in [-0.05, 0) is 56.6 Å². The SMILES string of the molecule is NC1CCN(C2CCN(C(=O)c3ccc(Br)cc3)C2)CC1. The van der Waals surface area contributed by atoms with Crippen molar-refractivity contribution in [1.82, 2.24) is 9.80 Å². The molecule has 0 saturated carbocycles. The zero-order chi connectivity index (χ0) is 14.8. The topological polar surface area (TPSA) is 49.6 Å². The van der Waals surface area contributed by atoms with E-state index in [-0.39, 0.29) is 5.91 Å². The molecule has 1 amide bonds. The van der Waals surface area contributed by atoms with Gasteiger partial charge in [0.2, 0.25) is 0 Å². The molecule has 21 heavy (non-hydrogen) atoms. The molecule has 2 saturated heterocycles. The summed E-state index contributed by atoms with van der Waals surface area (Å²) in [5, 5.41) is 0. The average molecular weight is 352 g/mol. The molecule has 2 fully saturated rings. The van der Waals surface area contributed by atoms with Gasteiger partial charge in [-0.2, -0.15) is 0 Å². The molecule has 0 aliphatic carbocycles. The summed E-state index contributed by atoms with van der Waals surface area (Å²) in [6.45, 7) is 3.87. The van der Waals surface area contributed by atoms with Crippen LogP contribution in [0.5, 0.6) is 0 Å². The van der Waals surface area contributed by atoms with Gasteiger partial charge in [0.1, 0.15) is 0 Å². The lowest BCUT2D eigenvalue weighted by molar-refractivity contribution is 0.0769. The fourth-order valence-corrected chi connectivity index (χ4v) is 3.55. The van der Waals surface area contributed by atoms with Gasteiger partial charge in [-0.3, -0.25) is 9.69 Å². The minimum Gasteiger partial charge on any atom is -0.337 e. The van der Waals surface area contributed by atoms with Gasteiger partial charge in [-0.25, -0.2) is 0 Å². The van der Waals surface area contributed by atoms with E-state index < -0.39 is 0 Å². The first-order valence-electron chi connectivity index (χ1n) is 7.68. The molecule has 4 nitrogen and oxygen atoms in total. The van der Waals surface area contributed by atoms with E-state index in [4.69, 9.17) is 5.73 Å². The first-order chi connectivity index (χ1) is 10.1. The molecular formula is C16H22BrN3O. The third kappa shape index (κ3) is 3.47. The highest BCUT2D eigenvalue weighted by Crippen LogP contribution is 2.22. The van der Waals surface area contributed by atoms with Crippen LogP contribution in [0.3, 0.4) is 0 Å². The summed E-state index contributed by atoms with van der Waals surface area (Å²) >= 11 is 3.40. The van der Waals surface area contributed by atoms with Crippen molar-refractivity contribution in [2.24, 2.45) is 5.73 Å². The maximum Gasteiger partial charge on any atom is 0.253 e. The minimum absolute atomic E-state index is 0.152. The van der Waals surface area contributed by atoms with Crippen LogP contribution in [0.15, 0.2) is 28.7 Å². The first-order valence-corrected chi connectivity index (χ1v) is 8.47. The Labute approximate surface area is 134 Å². The van der Waals surface area contributed by atoms with E-state index in [1.54, 1.807) is 0 Å². The fraction of sp³-hybridized carbons (Fsp3) is 0.562. The third-order valence-electron chi connectivity index (χ3n) is 4.63. The van der Waals surface area contributed by atoms with Crippen LogP contribution in [0.4, 0.5) is 0 Å². The molecule has 2 aliphatic rings. The lowest BCUT2D eigenvalue weighted by atomic mass is 10.0. The number of nitrogens with zero attached hydrogens (tertiary/aromatic N) is 2. The summed E-state index contributed by atoms with van der Waals surface area (Å²) in [5.74, 6) is 0.152. The maximum atomic E-state index is 12.5. The quantitative estimate of drug-likeness (QED) is 0.887. The summed E-state index contributed by atoms with van der Waals surface area (Å²) < 4.78 is 1.00. The summed E-state index contributed by atoms with van der Waals surface area (Å²) in [7, 11) is 0. The number of carbonyl (C=O) groups is 1. The average Bonchev–Trinajstić information content (AvgIpc) is 2.98. The number of hydrogen-bond donors (Lipinski definition) is 1. The van der Waals surface area contributed by atoms with E-state index in [0.29, 0.717) is 12.1 Å². The summed E-state index contributed by atoms with van der Waals surface area (Å²) in [4.78, 5) is 17.0. The first kappa shape index (κ1) is 15.0. The number of benzene rings is 1. The molecule has 2 heterocycles. The van der Waals surface area contributed by atoms with Gasteiger partial charge >= 0.3 is 0 Å². The lowest BCUT2D eigenvalue weighted by Crippen LogP contribution is -2.46. The molecule has 1 aromatic rings. The van der Waals surface area contributed by atoms with Crippen molar-refractivity contribution in [1.29, 1.82) is 0 Å². The van der Waals surface area contributed by atoms with Crippen LogP contribution < -0.4 is 5.73 Å². The van der Waals surface area contributed by atoms with Crippen molar-refractivity contribution in [2.75, 3.05) is 26.2 Å². The van der Waals surface area contributed by atoms with Gasteiger partial charge in [-0.1, -0.05) is 15.9 Å². The highest BCUT2D eigenvalue weighted by molar-refractivity contribution is 9.10. The van der Waals surface area contributed by atoms with Gasteiger partial charge in [0.05, 0.1) is 0 Å². The molecule has 1 unspecified atom stereocenters. The number of rotatable bonds is 2. The van der Waals surface area contributed by atoms with Crippen molar-refractivity contribution in [2.45, 2.75) is 31.3 Å². The van der Waals surface area contributed by atoms with E-state index in [2.05, 4.69) is 20.8 Å². The number of piperidine rings is 1. The number of amides is 1. The molecule has 1 atom stereocenters. The van der Waals surface area contributed by atoms with Gasteiger partial charge in [0.25, 0.3) is 5.91 Å². The van der Waals surface area contributed by atoms with Crippen LogP contribution in [-0.4, -0.2) is 54.0 Å². The van der Waals surface area contributed by atoms with E-state index in [9.17, 15) is 4.79 Å². The molecule has 0 radical (unpaired) electrons. The number of hydrogen-bond acceptors (Lipinski definition) is 3. The Balaban J connectivity index is 1.59. The minimum atomic E-state index is 0.152. The molecular weight excluding hydrogens is 330 g/mol. The van der Waals surface area contributed by atoms with E-state index in [1.807, 2.05) is 29.2 Å². The van der Waals surface area contributed by atoms with E-state index in [0.717, 1.165) is 55.5 Å². The summed E-state index contributed by atoms with van der Waals surface area (Å²) in [5.41, 5.74) is 6.74. The Hall–Kier alpha value is -0.910. The van der Waals surface area contributed by atoms with Crippen molar-refractivity contribution in [3.63, 3.8) is 0 Å². The highest BCUT2D eigenvalue weighted by Gasteiger charge is 2.32. The van der Waals surface area contributed by atoms with Crippen LogP contribution >= 0.6 is 15.9 Å². The molecule has 2 aliphatic heterocycles. The second-order valence-electron chi connectivity index (χ2n) is 6.07. The number of carbonyl (C=O) groups excluding carboxylic acids is 1. The number of nitrogens with two attached hydrogens (primary N) is 1. The molecule has 0 spiro atoms. The van der Waals surface area contributed by atoms with Crippen molar-refractivity contribution < 1.29 is 4.79 Å². The van der Waals surface area contributed by atoms with Gasteiger partial charge in [0, 0.05) is 35.2 Å². The normalized spacial score (nSPS) is 24.5. The fourth-order valence-electron chi connectivity index (χ4n) is 3.28. The monoisotopic (exact) mass is 351 g/mol. The molecule has 1 aromatic carbocycles. The van der Waals surface area contributed by atoms with Crippen molar-refractivity contribution in [3.05, 3.63) is 34.3 Å². The second kappa shape index (κ2) is 6.46. The zero-order valence-corrected chi connectivity index (χ0v) is 13.8. The second-order valence-corrected chi connectivity index (χ2v) is 6.99. The Morgan fingerprint density at radius 1 is 1.10 bits per heavy atom. The zero-order valence-electron chi connectivity index (χ0n) is 12.2. The smallest absolute Gasteiger partial charge is 0.253 e. The Kier molecular flexibility index (Phi) is 4.62. The Morgan fingerprint density at radius 2 is 1.76 bits per heavy atom. The van der Waals surface area contributed by atoms with Gasteiger partial charge < -0.3 is 10.6 Å². The third-order valence-corrected chi connectivity index (χ3v) is 5.16. The van der Waals surface area contributed by atoms with Crippen molar-refractivity contribution >= 4 is 21.8 Å². The summed E-state index contributed by atoms with van der Waals surface area (Å²) in [6, 6.07) is 8.50. The maximum absolute atomic E-state index is 12.5. The number of halogens is 1.